The van der Waals surface area contributed by atoms with Crippen molar-refractivity contribution in [2.75, 3.05) is 13.2 Å². The van der Waals surface area contributed by atoms with Crippen LogP contribution in [-0.2, 0) is 17.8 Å². The van der Waals surface area contributed by atoms with E-state index in [0.29, 0.717) is 16.6 Å². The lowest BCUT2D eigenvalue weighted by Gasteiger charge is -2.27. The summed E-state index contributed by atoms with van der Waals surface area (Å²) in [5.74, 6) is 0. The first kappa shape index (κ1) is 25.4. The number of hydrogen-bond acceptors (Lipinski definition) is 3. The largest absolute Gasteiger partial charge is 0.389 e. The molecule has 0 bridgehead atoms. The molecule has 0 spiro atoms. The monoisotopic (exact) mass is 505 g/mol. The van der Waals surface area contributed by atoms with Gasteiger partial charge in [0.05, 0.1) is 12.7 Å². The highest BCUT2D eigenvalue weighted by Gasteiger charge is 2.19. The molecule has 0 aliphatic heterocycles. The molecule has 1 atom stereocenters. The third kappa shape index (κ3) is 7.93. The van der Waals surface area contributed by atoms with Crippen LogP contribution in [0.2, 0.25) is 10.0 Å². The number of benzene rings is 4. The summed E-state index contributed by atoms with van der Waals surface area (Å²) in [6.45, 7) is 2.16. The molecule has 0 unspecified atom stereocenters. The average Bonchev–Trinajstić information content (AvgIpc) is 2.87. The second-order valence-electron chi connectivity index (χ2n) is 8.61. The van der Waals surface area contributed by atoms with E-state index in [1.807, 2.05) is 84.9 Å². The molecule has 35 heavy (non-hydrogen) atoms. The summed E-state index contributed by atoms with van der Waals surface area (Å²) >= 11 is 12.2. The lowest BCUT2D eigenvalue weighted by molar-refractivity contribution is -0.0106. The normalized spacial score (nSPS) is 12.3. The lowest BCUT2D eigenvalue weighted by atomic mass is 10.0. The molecule has 0 aliphatic rings. The summed E-state index contributed by atoms with van der Waals surface area (Å²) in [5, 5.41) is 12.3. The van der Waals surface area contributed by atoms with Crippen LogP contribution < -0.4 is 0 Å². The number of aliphatic hydroxyl groups is 1. The molecule has 0 saturated heterocycles. The van der Waals surface area contributed by atoms with Gasteiger partial charge in [-0.25, -0.2) is 0 Å². The molecular weight excluding hydrogens is 477 g/mol. The van der Waals surface area contributed by atoms with Gasteiger partial charge in [0.2, 0.25) is 0 Å². The van der Waals surface area contributed by atoms with E-state index in [9.17, 15) is 5.11 Å². The van der Waals surface area contributed by atoms with E-state index in [-0.39, 0.29) is 12.7 Å². The summed E-state index contributed by atoms with van der Waals surface area (Å²) in [6, 6.07) is 35.8. The summed E-state index contributed by atoms with van der Waals surface area (Å²) in [5.41, 5.74) is 4.34. The minimum absolute atomic E-state index is 0.190. The third-order valence-electron chi connectivity index (χ3n) is 5.77. The maximum atomic E-state index is 11.0. The second kappa shape index (κ2) is 12.9. The Morgan fingerprint density at radius 3 is 1.49 bits per heavy atom. The molecule has 3 nitrogen and oxygen atoms in total. The van der Waals surface area contributed by atoms with Crippen molar-refractivity contribution in [3.63, 3.8) is 0 Å². The van der Waals surface area contributed by atoms with E-state index in [1.165, 1.54) is 11.1 Å². The SMILES string of the molecule is O[C@H](COC(c1ccc(Cl)cc1)c1ccc(Cl)cc1)CN(Cc1ccccc1)Cc1ccccc1. The molecule has 0 radical (unpaired) electrons. The van der Waals surface area contributed by atoms with Crippen molar-refractivity contribution >= 4 is 23.2 Å². The zero-order valence-electron chi connectivity index (χ0n) is 19.4. The number of nitrogens with zero attached hydrogens (tertiary/aromatic N) is 1. The Kier molecular flexibility index (Phi) is 9.35. The van der Waals surface area contributed by atoms with Gasteiger partial charge in [0.15, 0.2) is 0 Å². The molecule has 0 fully saturated rings. The van der Waals surface area contributed by atoms with Gasteiger partial charge >= 0.3 is 0 Å². The van der Waals surface area contributed by atoms with Crippen LogP contribution in [-0.4, -0.2) is 29.3 Å². The molecule has 4 rings (SSSR count). The van der Waals surface area contributed by atoms with Crippen LogP contribution in [0.3, 0.4) is 0 Å². The quantitative estimate of drug-likeness (QED) is 0.234. The maximum Gasteiger partial charge on any atom is 0.108 e. The van der Waals surface area contributed by atoms with Crippen molar-refractivity contribution in [3.8, 4) is 0 Å². The van der Waals surface area contributed by atoms with Gasteiger partial charge in [-0.2, -0.15) is 0 Å². The Balaban J connectivity index is 1.46. The lowest BCUT2D eigenvalue weighted by Crippen LogP contribution is -2.34. The van der Waals surface area contributed by atoms with Crippen LogP contribution in [0, 0.1) is 0 Å². The van der Waals surface area contributed by atoms with Gasteiger partial charge in [-0.05, 0) is 46.5 Å². The van der Waals surface area contributed by atoms with Gasteiger partial charge in [0.25, 0.3) is 0 Å². The van der Waals surface area contributed by atoms with Crippen molar-refractivity contribution in [2.45, 2.75) is 25.3 Å². The van der Waals surface area contributed by atoms with E-state index in [2.05, 4.69) is 29.2 Å². The van der Waals surface area contributed by atoms with Gasteiger partial charge in [0, 0.05) is 29.7 Å². The predicted molar refractivity (Wildman–Crippen MR) is 144 cm³/mol. The van der Waals surface area contributed by atoms with Gasteiger partial charge in [0.1, 0.15) is 6.10 Å². The molecule has 0 amide bonds. The molecule has 0 heterocycles. The van der Waals surface area contributed by atoms with Crippen LogP contribution in [0.25, 0.3) is 0 Å². The van der Waals surface area contributed by atoms with Gasteiger partial charge in [-0.15, -0.1) is 0 Å². The van der Waals surface area contributed by atoms with Gasteiger partial charge in [-0.1, -0.05) is 108 Å². The zero-order chi connectivity index (χ0) is 24.5. The highest BCUT2D eigenvalue weighted by Crippen LogP contribution is 2.28. The smallest absolute Gasteiger partial charge is 0.108 e. The molecule has 4 aromatic rings. The third-order valence-corrected chi connectivity index (χ3v) is 6.27. The first-order valence-electron chi connectivity index (χ1n) is 11.7. The Morgan fingerprint density at radius 1 is 0.629 bits per heavy atom. The predicted octanol–water partition coefficient (Wildman–Crippen LogP) is 7.16. The molecule has 4 aromatic carbocycles. The van der Waals surface area contributed by atoms with Crippen LogP contribution in [0.15, 0.2) is 109 Å². The standard InChI is InChI=1S/C30H29Cl2NO2/c31-27-15-11-25(12-16-27)30(26-13-17-28(32)18-14-26)35-22-29(34)21-33(19-23-7-3-1-4-8-23)20-24-9-5-2-6-10-24/h1-18,29-30,34H,19-22H2/t29-/m0/s1. The van der Waals surface area contributed by atoms with Gasteiger partial charge in [-0.3, -0.25) is 4.90 Å². The molecule has 180 valence electrons. The Labute approximate surface area is 217 Å². The topological polar surface area (TPSA) is 32.7 Å². The minimum Gasteiger partial charge on any atom is -0.389 e. The Morgan fingerprint density at radius 2 is 1.06 bits per heavy atom. The van der Waals surface area contributed by atoms with Crippen molar-refractivity contribution in [3.05, 3.63) is 141 Å². The van der Waals surface area contributed by atoms with Crippen molar-refractivity contribution in [2.24, 2.45) is 0 Å². The van der Waals surface area contributed by atoms with Crippen molar-refractivity contribution in [1.29, 1.82) is 0 Å². The highest BCUT2D eigenvalue weighted by molar-refractivity contribution is 6.30. The first-order valence-corrected chi connectivity index (χ1v) is 12.4. The molecule has 0 aromatic heterocycles. The Bertz CT molecular complexity index is 1070. The first-order chi connectivity index (χ1) is 17.1. The second-order valence-corrected chi connectivity index (χ2v) is 9.48. The van der Waals surface area contributed by atoms with Crippen LogP contribution in [0.5, 0.6) is 0 Å². The molecule has 1 N–H and O–H groups in total. The summed E-state index contributed by atoms with van der Waals surface area (Å²) in [7, 11) is 0. The van der Waals surface area contributed by atoms with Gasteiger partial charge < -0.3 is 9.84 Å². The number of halogens is 2. The molecule has 5 heteroatoms. The minimum atomic E-state index is -0.662. The van der Waals surface area contributed by atoms with E-state index < -0.39 is 6.10 Å². The number of ether oxygens (including phenoxy) is 1. The Hall–Kier alpha value is -2.66. The summed E-state index contributed by atoms with van der Waals surface area (Å²) < 4.78 is 6.29. The number of aliphatic hydroxyl groups excluding tert-OH is 1. The molecule has 0 saturated carbocycles. The number of hydrogen-bond donors (Lipinski definition) is 1. The molecule has 0 aliphatic carbocycles. The average molecular weight is 506 g/mol. The summed E-state index contributed by atoms with van der Waals surface area (Å²) in [4.78, 5) is 2.25. The van der Waals surface area contributed by atoms with E-state index in [1.54, 1.807) is 0 Å². The van der Waals surface area contributed by atoms with E-state index >= 15 is 0 Å². The highest BCUT2D eigenvalue weighted by atomic mass is 35.5. The van der Waals surface area contributed by atoms with Crippen molar-refractivity contribution < 1.29 is 9.84 Å². The fraction of sp³-hybridized carbons (Fsp3) is 0.200. The van der Waals surface area contributed by atoms with Crippen LogP contribution in [0.1, 0.15) is 28.4 Å². The van der Waals surface area contributed by atoms with Crippen molar-refractivity contribution in [1.82, 2.24) is 4.90 Å². The zero-order valence-corrected chi connectivity index (χ0v) is 20.9. The fourth-order valence-corrected chi connectivity index (χ4v) is 4.34. The molecular formula is C30H29Cl2NO2. The van der Waals surface area contributed by atoms with Crippen LogP contribution >= 0.6 is 23.2 Å². The van der Waals surface area contributed by atoms with E-state index in [0.717, 1.165) is 24.2 Å². The fourth-order valence-electron chi connectivity index (χ4n) is 4.09. The van der Waals surface area contributed by atoms with Crippen LogP contribution in [0.4, 0.5) is 0 Å². The summed E-state index contributed by atoms with van der Waals surface area (Å²) in [6.07, 6.45) is -1.000. The maximum absolute atomic E-state index is 11.0. The van der Waals surface area contributed by atoms with E-state index in [4.69, 9.17) is 27.9 Å². The number of rotatable bonds is 11.